The molecule has 35 heavy (non-hydrogen) atoms. The molecule has 2 fully saturated rings. The zero-order valence-corrected chi connectivity index (χ0v) is 19.5. The third-order valence-electron chi connectivity index (χ3n) is 7.59. The first-order valence-electron chi connectivity index (χ1n) is 12.2. The van der Waals surface area contributed by atoms with Crippen LogP contribution in [0, 0.1) is 5.41 Å². The van der Waals surface area contributed by atoms with Crippen LogP contribution < -0.4 is 10.6 Å². The number of hydrogen-bond donors (Lipinski definition) is 3. The van der Waals surface area contributed by atoms with Crippen LogP contribution in [0.1, 0.15) is 49.1 Å². The topological polar surface area (TPSA) is 114 Å². The van der Waals surface area contributed by atoms with E-state index in [1.54, 1.807) is 0 Å². The van der Waals surface area contributed by atoms with E-state index in [4.69, 9.17) is 9.47 Å². The average Bonchev–Trinajstić information content (AvgIpc) is 3.15. The number of benzene rings is 2. The molecule has 0 aromatic heterocycles. The predicted molar refractivity (Wildman–Crippen MR) is 128 cm³/mol. The molecular formula is C27H30N2O6. The number of carboxylic acids is 1. The SMILES string of the molecule is O=C(O)CC(NC(=O)OCC1c2ccccc2-c2ccccc21)C(=O)NC1CC2(CCOCC2)C1. The number of hydrogen-bond acceptors (Lipinski definition) is 5. The van der Waals surface area contributed by atoms with Crippen LogP contribution in [0.3, 0.4) is 0 Å². The van der Waals surface area contributed by atoms with Crippen molar-refractivity contribution in [1.29, 1.82) is 0 Å². The number of rotatable bonds is 7. The third kappa shape index (κ3) is 4.89. The zero-order valence-electron chi connectivity index (χ0n) is 19.5. The van der Waals surface area contributed by atoms with Crippen molar-refractivity contribution in [1.82, 2.24) is 10.6 Å². The molecule has 0 radical (unpaired) electrons. The van der Waals surface area contributed by atoms with Crippen LogP contribution in [0.4, 0.5) is 4.79 Å². The van der Waals surface area contributed by atoms with Gasteiger partial charge in [-0.2, -0.15) is 0 Å². The second-order valence-corrected chi connectivity index (χ2v) is 9.85. The van der Waals surface area contributed by atoms with Crippen molar-refractivity contribution in [2.45, 2.75) is 50.1 Å². The molecule has 1 unspecified atom stereocenters. The highest BCUT2D eigenvalue weighted by Crippen LogP contribution is 2.48. The summed E-state index contributed by atoms with van der Waals surface area (Å²) in [5, 5.41) is 14.7. The highest BCUT2D eigenvalue weighted by Gasteiger charge is 2.46. The standard InChI is InChI=1S/C27H30N2O6/c30-24(31)13-23(25(32)28-17-14-27(15-17)9-11-34-12-10-27)29-26(33)35-16-22-20-7-3-1-5-18(20)19-6-2-4-8-21(19)22/h1-8,17,22-23H,9-16H2,(H,28,32)(H,29,33)(H,30,31). The molecule has 1 heterocycles. The number of carbonyl (C=O) groups excluding carboxylic acids is 2. The maximum atomic E-state index is 12.8. The fraction of sp³-hybridized carbons (Fsp3) is 0.444. The summed E-state index contributed by atoms with van der Waals surface area (Å²) >= 11 is 0. The lowest BCUT2D eigenvalue weighted by atomic mass is 9.61. The van der Waals surface area contributed by atoms with E-state index in [0.29, 0.717) is 0 Å². The van der Waals surface area contributed by atoms with Crippen LogP contribution in [-0.2, 0) is 19.1 Å². The van der Waals surface area contributed by atoms with Gasteiger partial charge in [-0.25, -0.2) is 4.79 Å². The molecule has 2 aromatic rings. The Morgan fingerprint density at radius 2 is 1.60 bits per heavy atom. The second-order valence-electron chi connectivity index (χ2n) is 9.85. The Kier molecular flexibility index (Phi) is 6.47. The molecule has 2 aromatic carbocycles. The Bertz CT molecular complexity index is 1070. The Hall–Kier alpha value is -3.39. The summed E-state index contributed by atoms with van der Waals surface area (Å²) < 4.78 is 10.9. The van der Waals surface area contributed by atoms with E-state index in [-0.39, 0.29) is 24.0 Å². The Labute approximate surface area is 204 Å². The van der Waals surface area contributed by atoms with Crippen molar-refractivity contribution in [3.63, 3.8) is 0 Å². The van der Waals surface area contributed by atoms with Crippen molar-refractivity contribution in [3.05, 3.63) is 59.7 Å². The van der Waals surface area contributed by atoms with Crippen molar-refractivity contribution < 1.29 is 29.0 Å². The molecule has 5 rings (SSSR count). The van der Waals surface area contributed by atoms with Gasteiger partial charge in [0.05, 0.1) is 6.42 Å². The van der Waals surface area contributed by atoms with Gasteiger partial charge >= 0.3 is 12.1 Å². The van der Waals surface area contributed by atoms with Crippen LogP contribution in [0.25, 0.3) is 11.1 Å². The lowest BCUT2D eigenvalue weighted by Gasteiger charge is -2.50. The van der Waals surface area contributed by atoms with E-state index in [2.05, 4.69) is 10.6 Å². The molecule has 8 heteroatoms. The van der Waals surface area contributed by atoms with Crippen molar-refractivity contribution in [2.75, 3.05) is 19.8 Å². The van der Waals surface area contributed by atoms with Crippen molar-refractivity contribution >= 4 is 18.0 Å². The zero-order chi connectivity index (χ0) is 24.4. The normalized spacial score (nSPS) is 19.2. The number of carbonyl (C=O) groups is 3. The molecule has 2 aliphatic carbocycles. The summed E-state index contributed by atoms with van der Waals surface area (Å²) in [5.41, 5.74) is 4.60. The molecule has 1 saturated carbocycles. The van der Waals surface area contributed by atoms with Gasteiger partial charge < -0.3 is 25.2 Å². The van der Waals surface area contributed by atoms with Crippen LogP contribution >= 0.6 is 0 Å². The molecule has 1 saturated heterocycles. The quantitative estimate of drug-likeness (QED) is 0.562. The van der Waals surface area contributed by atoms with E-state index < -0.39 is 30.4 Å². The molecule has 8 nitrogen and oxygen atoms in total. The molecule has 3 N–H and O–H groups in total. The smallest absolute Gasteiger partial charge is 0.407 e. The van der Waals surface area contributed by atoms with E-state index in [1.165, 1.54) is 0 Å². The number of alkyl carbamates (subject to hydrolysis) is 1. The maximum absolute atomic E-state index is 12.8. The first kappa shape index (κ1) is 23.4. The summed E-state index contributed by atoms with van der Waals surface area (Å²) in [7, 11) is 0. The first-order valence-corrected chi connectivity index (χ1v) is 12.2. The Balaban J connectivity index is 1.18. The largest absolute Gasteiger partial charge is 0.481 e. The predicted octanol–water partition coefficient (Wildman–Crippen LogP) is 3.44. The van der Waals surface area contributed by atoms with E-state index in [1.807, 2.05) is 48.5 Å². The molecule has 3 aliphatic rings. The average molecular weight is 479 g/mol. The summed E-state index contributed by atoms with van der Waals surface area (Å²) in [5.74, 6) is -1.78. The highest BCUT2D eigenvalue weighted by atomic mass is 16.5. The van der Waals surface area contributed by atoms with E-state index >= 15 is 0 Å². The Morgan fingerprint density at radius 3 is 2.20 bits per heavy atom. The van der Waals surface area contributed by atoms with E-state index in [9.17, 15) is 19.5 Å². The van der Waals surface area contributed by atoms with Crippen molar-refractivity contribution in [2.24, 2.45) is 5.41 Å². The minimum absolute atomic E-state index is 0.0128. The van der Waals surface area contributed by atoms with Gasteiger partial charge in [0.15, 0.2) is 0 Å². The summed E-state index contributed by atoms with van der Waals surface area (Å²) in [6.45, 7) is 1.58. The summed E-state index contributed by atoms with van der Waals surface area (Å²) in [6, 6.07) is 14.8. The van der Waals surface area contributed by atoms with Crippen LogP contribution in [0.2, 0.25) is 0 Å². The van der Waals surface area contributed by atoms with E-state index in [0.717, 1.165) is 61.2 Å². The molecule has 1 atom stereocenters. The second kappa shape index (κ2) is 9.70. The Morgan fingerprint density at radius 1 is 1.00 bits per heavy atom. The van der Waals surface area contributed by atoms with Crippen molar-refractivity contribution in [3.8, 4) is 11.1 Å². The first-order chi connectivity index (χ1) is 16.9. The van der Waals surface area contributed by atoms with Gasteiger partial charge in [-0.1, -0.05) is 48.5 Å². The fourth-order valence-electron chi connectivity index (χ4n) is 5.77. The molecule has 184 valence electrons. The third-order valence-corrected chi connectivity index (χ3v) is 7.59. The van der Waals surface area contributed by atoms with Gasteiger partial charge in [0.2, 0.25) is 5.91 Å². The van der Waals surface area contributed by atoms with Gasteiger partial charge in [-0.3, -0.25) is 9.59 Å². The van der Waals surface area contributed by atoms with Gasteiger partial charge in [0.25, 0.3) is 0 Å². The van der Waals surface area contributed by atoms with Gasteiger partial charge in [-0.05, 0) is 53.4 Å². The fourth-order valence-corrected chi connectivity index (χ4v) is 5.77. The monoisotopic (exact) mass is 478 g/mol. The number of amides is 2. The number of carboxylic acid groups (broad SMARTS) is 1. The van der Waals surface area contributed by atoms with Gasteiger partial charge in [-0.15, -0.1) is 0 Å². The number of aliphatic carboxylic acids is 1. The minimum atomic E-state index is -1.20. The highest BCUT2D eigenvalue weighted by molar-refractivity contribution is 5.89. The molecular weight excluding hydrogens is 448 g/mol. The number of fused-ring (bicyclic) bond motifs is 3. The number of ether oxygens (including phenoxy) is 2. The van der Waals surface area contributed by atoms with Gasteiger partial charge in [0.1, 0.15) is 12.6 Å². The lowest BCUT2D eigenvalue weighted by molar-refractivity contribution is -0.140. The lowest BCUT2D eigenvalue weighted by Crippen LogP contribution is -2.57. The summed E-state index contributed by atoms with van der Waals surface area (Å²) in [6.07, 6.45) is 2.36. The van der Waals surface area contributed by atoms with Crippen LogP contribution in [-0.4, -0.2) is 55.0 Å². The minimum Gasteiger partial charge on any atom is -0.481 e. The van der Waals surface area contributed by atoms with Crippen LogP contribution in [0.5, 0.6) is 0 Å². The van der Waals surface area contributed by atoms with Gasteiger partial charge in [0, 0.05) is 25.2 Å². The molecule has 1 spiro atoms. The number of nitrogens with one attached hydrogen (secondary N) is 2. The molecule has 0 bridgehead atoms. The summed E-state index contributed by atoms with van der Waals surface area (Å²) in [4.78, 5) is 36.8. The maximum Gasteiger partial charge on any atom is 0.407 e. The van der Waals surface area contributed by atoms with Crippen LogP contribution in [0.15, 0.2) is 48.5 Å². The molecule has 1 aliphatic heterocycles. The molecule has 2 amide bonds.